The number of rotatable bonds is 0. The Morgan fingerprint density at radius 2 is 1.71 bits per heavy atom. The van der Waals surface area contributed by atoms with Crippen LogP contribution >= 0.6 is 22.6 Å². The van der Waals surface area contributed by atoms with E-state index >= 15 is 0 Å². The van der Waals surface area contributed by atoms with Gasteiger partial charge in [-0.3, -0.25) is 4.68 Å². The summed E-state index contributed by atoms with van der Waals surface area (Å²) < 4.78 is 3.38. The number of nitrogens with zero attached hydrogens (tertiary/aromatic N) is 2. The Morgan fingerprint density at radius 1 is 1.07 bits per heavy atom. The molecule has 3 heteroatoms. The van der Waals surface area contributed by atoms with E-state index < -0.39 is 0 Å². The molecule has 0 amide bonds. The molecule has 14 heavy (non-hydrogen) atoms. The van der Waals surface area contributed by atoms with Gasteiger partial charge in [0.2, 0.25) is 0 Å². The van der Waals surface area contributed by atoms with Crippen molar-refractivity contribution in [2.45, 2.75) is 44.9 Å². The monoisotopic (exact) mass is 304 g/mol. The maximum atomic E-state index is 4.60. The third-order valence-corrected chi connectivity index (χ3v) is 4.34. The normalized spacial score (nSPS) is 18.1. The highest BCUT2D eigenvalue weighted by Gasteiger charge is 2.14. The zero-order chi connectivity index (χ0) is 9.97. The van der Waals surface area contributed by atoms with Gasteiger partial charge in [0.05, 0.1) is 5.69 Å². The van der Waals surface area contributed by atoms with Crippen LogP contribution in [0, 0.1) is 3.70 Å². The van der Waals surface area contributed by atoms with Crippen molar-refractivity contribution in [3.8, 4) is 0 Å². The van der Waals surface area contributed by atoms with Crippen LogP contribution in [0.3, 0.4) is 0 Å². The van der Waals surface area contributed by atoms with Crippen LogP contribution in [0.4, 0.5) is 0 Å². The molecule has 1 aromatic heterocycles. The molecule has 0 saturated heterocycles. The summed E-state index contributed by atoms with van der Waals surface area (Å²) in [5.41, 5.74) is 2.88. The molecule has 2 nitrogen and oxygen atoms in total. The number of halogens is 1. The molecule has 0 radical (unpaired) electrons. The first kappa shape index (κ1) is 10.5. The first-order valence-corrected chi connectivity index (χ1v) is 6.57. The molecule has 0 N–H and O–H groups in total. The van der Waals surface area contributed by atoms with E-state index in [1.807, 2.05) is 4.68 Å². The number of aryl methyl sites for hydroxylation is 2. The molecule has 1 aliphatic rings. The fraction of sp³-hybridized carbons (Fsp3) is 0.727. The minimum atomic E-state index is 1.19. The molecule has 1 aromatic rings. The van der Waals surface area contributed by atoms with Crippen molar-refractivity contribution in [1.29, 1.82) is 0 Å². The van der Waals surface area contributed by atoms with Gasteiger partial charge in [-0.2, -0.15) is 5.10 Å². The van der Waals surface area contributed by atoms with Crippen molar-refractivity contribution in [1.82, 2.24) is 9.78 Å². The van der Waals surface area contributed by atoms with Crippen LogP contribution in [-0.4, -0.2) is 9.78 Å². The van der Waals surface area contributed by atoms with Crippen molar-refractivity contribution in [2.24, 2.45) is 7.05 Å². The van der Waals surface area contributed by atoms with E-state index in [4.69, 9.17) is 0 Å². The summed E-state index contributed by atoms with van der Waals surface area (Å²) >= 11 is 2.43. The van der Waals surface area contributed by atoms with Crippen LogP contribution in [0.15, 0.2) is 0 Å². The summed E-state index contributed by atoms with van der Waals surface area (Å²) in [6.07, 6.45) is 9.27. The van der Waals surface area contributed by atoms with Crippen LogP contribution in [0.2, 0.25) is 0 Å². The van der Waals surface area contributed by atoms with E-state index in [1.54, 1.807) is 0 Å². The van der Waals surface area contributed by atoms with Crippen molar-refractivity contribution in [3.05, 3.63) is 15.0 Å². The summed E-state index contributed by atoms with van der Waals surface area (Å²) in [5.74, 6) is 0. The van der Waals surface area contributed by atoms with Crippen LogP contribution < -0.4 is 0 Å². The summed E-state index contributed by atoms with van der Waals surface area (Å²) in [6.45, 7) is 0. The lowest BCUT2D eigenvalue weighted by Crippen LogP contribution is -1.94. The lowest BCUT2D eigenvalue weighted by atomic mass is 10.1. The van der Waals surface area contributed by atoms with E-state index in [2.05, 4.69) is 34.7 Å². The van der Waals surface area contributed by atoms with Gasteiger partial charge in [0.25, 0.3) is 0 Å². The van der Waals surface area contributed by atoms with E-state index in [1.165, 1.54) is 59.9 Å². The third kappa shape index (κ3) is 2.12. The van der Waals surface area contributed by atoms with Crippen LogP contribution in [0.1, 0.15) is 43.4 Å². The SMILES string of the molecule is Cn1nc2c(c1I)CCCCCCC2. The minimum absolute atomic E-state index is 1.19. The third-order valence-electron chi connectivity index (χ3n) is 2.99. The Morgan fingerprint density at radius 3 is 2.50 bits per heavy atom. The molecule has 0 aromatic carbocycles. The first-order valence-electron chi connectivity index (χ1n) is 5.49. The Bertz CT molecular complexity index is 317. The van der Waals surface area contributed by atoms with E-state index in [-0.39, 0.29) is 0 Å². The second-order valence-electron chi connectivity index (χ2n) is 4.11. The van der Waals surface area contributed by atoms with Gasteiger partial charge < -0.3 is 0 Å². The number of fused-ring (bicyclic) bond motifs is 1. The lowest BCUT2D eigenvalue weighted by molar-refractivity contribution is 0.618. The van der Waals surface area contributed by atoms with Gasteiger partial charge in [-0.05, 0) is 48.3 Å². The molecule has 2 rings (SSSR count). The molecular weight excluding hydrogens is 287 g/mol. The van der Waals surface area contributed by atoms with Crippen LogP contribution in [-0.2, 0) is 19.9 Å². The van der Waals surface area contributed by atoms with Gasteiger partial charge in [-0.15, -0.1) is 0 Å². The Kier molecular flexibility index (Phi) is 3.47. The molecular formula is C11H17IN2. The lowest BCUT2D eigenvalue weighted by Gasteiger charge is -1.99. The van der Waals surface area contributed by atoms with Crippen molar-refractivity contribution < 1.29 is 0 Å². The number of hydrogen-bond donors (Lipinski definition) is 0. The average Bonchev–Trinajstić information content (AvgIpc) is 2.49. The van der Waals surface area contributed by atoms with Gasteiger partial charge in [-0.1, -0.05) is 19.3 Å². The highest BCUT2D eigenvalue weighted by molar-refractivity contribution is 14.1. The van der Waals surface area contributed by atoms with Gasteiger partial charge >= 0.3 is 0 Å². The van der Waals surface area contributed by atoms with Gasteiger partial charge in [0.15, 0.2) is 0 Å². The summed E-state index contributed by atoms with van der Waals surface area (Å²) in [5, 5.41) is 4.60. The predicted octanol–water partition coefficient (Wildman–Crippen LogP) is 3.07. The number of hydrogen-bond acceptors (Lipinski definition) is 1. The quantitative estimate of drug-likeness (QED) is 0.674. The van der Waals surface area contributed by atoms with Crippen molar-refractivity contribution in [2.75, 3.05) is 0 Å². The zero-order valence-corrected chi connectivity index (χ0v) is 10.9. The van der Waals surface area contributed by atoms with E-state index in [0.29, 0.717) is 0 Å². The maximum Gasteiger partial charge on any atom is 0.102 e. The fourth-order valence-electron chi connectivity index (χ4n) is 2.17. The summed E-state index contributed by atoms with van der Waals surface area (Å²) in [7, 11) is 2.06. The van der Waals surface area contributed by atoms with Crippen LogP contribution in [0.5, 0.6) is 0 Å². The minimum Gasteiger partial charge on any atom is -0.262 e. The fourth-order valence-corrected chi connectivity index (χ4v) is 2.86. The smallest absolute Gasteiger partial charge is 0.102 e. The molecule has 0 unspecified atom stereocenters. The van der Waals surface area contributed by atoms with E-state index in [9.17, 15) is 0 Å². The molecule has 0 spiro atoms. The summed E-state index contributed by atoms with van der Waals surface area (Å²) in [6, 6.07) is 0. The van der Waals surface area contributed by atoms with Crippen LogP contribution in [0.25, 0.3) is 0 Å². The Labute approximate surface area is 99.2 Å². The topological polar surface area (TPSA) is 17.8 Å². The predicted molar refractivity (Wildman–Crippen MR) is 66.4 cm³/mol. The Balaban J connectivity index is 2.26. The van der Waals surface area contributed by atoms with Gasteiger partial charge in [0.1, 0.15) is 3.70 Å². The molecule has 0 fully saturated rings. The number of aromatic nitrogens is 2. The largest absolute Gasteiger partial charge is 0.262 e. The summed E-state index contributed by atoms with van der Waals surface area (Å²) in [4.78, 5) is 0. The highest BCUT2D eigenvalue weighted by atomic mass is 127. The Hall–Kier alpha value is -0.0600. The molecule has 1 aliphatic carbocycles. The second kappa shape index (κ2) is 4.64. The molecule has 0 bridgehead atoms. The average molecular weight is 304 g/mol. The first-order chi connectivity index (χ1) is 6.79. The maximum absolute atomic E-state index is 4.60. The second-order valence-corrected chi connectivity index (χ2v) is 5.13. The molecule has 0 saturated carbocycles. The molecule has 1 heterocycles. The van der Waals surface area contributed by atoms with Gasteiger partial charge in [-0.25, -0.2) is 0 Å². The highest BCUT2D eigenvalue weighted by Crippen LogP contribution is 2.23. The molecule has 78 valence electrons. The van der Waals surface area contributed by atoms with Crippen molar-refractivity contribution in [3.63, 3.8) is 0 Å². The van der Waals surface area contributed by atoms with E-state index in [0.717, 1.165) is 0 Å². The zero-order valence-electron chi connectivity index (χ0n) is 8.72. The van der Waals surface area contributed by atoms with Gasteiger partial charge in [0, 0.05) is 12.6 Å². The molecule has 0 atom stereocenters. The molecule has 0 aliphatic heterocycles. The van der Waals surface area contributed by atoms with Crippen molar-refractivity contribution >= 4 is 22.6 Å². The standard InChI is InChI=1S/C11H17IN2/c1-14-11(12)9-7-5-3-2-4-6-8-10(9)13-14/h2-8H2,1H3.